The minimum Gasteiger partial charge on any atom is -0.480 e. The number of carbonyl (C=O) groups is 2. The van der Waals surface area contributed by atoms with Gasteiger partial charge in [-0.3, -0.25) is 9.48 Å². The molecule has 0 unspecified atom stereocenters. The maximum Gasteiger partial charge on any atom is 0.326 e. The van der Waals surface area contributed by atoms with Crippen molar-refractivity contribution in [1.29, 1.82) is 0 Å². The van der Waals surface area contributed by atoms with Crippen LogP contribution in [-0.4, -0.2) is 32.8 Å². The van der Waals surface area contributed by atoms with Crippen LogP contribution >= 0.6 is 0 Å². The minimum atomic E-state index is -1.05. The number of nitrogens with one attached hydrogen (secondary N) is 1. The first-order valence-electron chi connectivity index (χ1n) is 6.37. The first kappa shape index (κ1) is 14.0. The molecule has 0 aliphatic heterocycles. The molecule has 106 valence electrons. The predicted molar refractivity (Wildman–Crippen MR) is 74.4 cm³/mol. The van der Waals surface area contributed by atoms with E-state index < -0.39 is 17.9 Å². The van der Waals surface area contributed by atoms with Crippen molar-refractivity contribution in [2.45, 2.75) is 19.9 Å². The zero-order chi connectivity index (χ0) is 14.9. The van der Waals surface area contributed by atoms with Gasteiger partial charge in [0.2, 0.25) is 0 Å². The van der Waals surface area contributed by atoms with Crippen LogP contribution in [0.4, 0.5) is 0 Å². The number of benzene rings is 1. The highest BCUT2D eigenvalue weighted by Gasteiger charge is 2.26. The highest BCUT2D eigenvalue weighted by molar-refractivity contribution is 6.05. The third-order valence-corrected chi connectivity index (χ3v) is 3.19. The molecule has 20 heavy (non-hydrogen) atoms. The SMILES string of the molecule is CC(C)[C@@H](NC(=O)c1nn(C)c2ccccc12)C(=O)O. The first-order chi connectivity index (χ1) is 9.41. The van der Waals surface area contributed by atoms with E-state index in [1.54, 1.807) is 31.6 Å². The number of fused-ring (bicyclic) bond motifs is 1. The van der Waals surface area contributed by atoms with Crippen molar-refractivity contribution in [2.75, 3.05) is 0 Å². The fourth-order valence-electron chi connectivity index (χ4n) is 2.10. The number of aromatic nitrogens is 2. The predicted octanol–water partition coefficient (Wildman–Crippen LogP) is 1.41. The van der Waals surface area contributed by atoms with Gasteiger partial charge in [-0.25, -0.2) is 4.79 Å². The van der Waals surface area contributed by atoms with E-state index in [4.69, 9.17) is 5.11 Å². The number of hydrogen-bond acceptors (Lipinski definition) is 3. The Morgan fingerprint density at radius 3 is 2.55 bits per heavy atom. The van der Waals surface area contributed by atoms with Gasteiger partial charge in [0, 0.05) is 12.4 Å². The van der Waals surface area contributed by atoms with Crippen molar-refractivity contribution in [3.63, 3.8) is 0 Å². The Kier molecular flexibility index (Phi) is 3.74. The standard InChI is InChI=1S/C14H17N3O3/c1-8(2)11(14(19)20)15-13(18)12-9-6-4-5-7-10(9)17(3)16-12/h4-8,11H,1-3H3,(H,15,18)(H,19,20)/t11-/m1/s1. The van der Waals surface area contributed by atoms with Gasteiger partial charge >= 0.3 is 5.97 Å². The number of nitrogens with zero attached hydrogens (tertiary/aromatic N) is 2. The summed E-state index contributed by atoms with van der Waals surface area (Å²) in [5.41, 5.74) is 1.07. The van der Waals surface area contributed by atoms with Gasteiger partial charge in [0.15, 0.2) is 5.69 Å². The number of carboxylic acids is 1. The van der Waals surface area contributed by atoms with Gasteiger partial charge in [0.05, 0.1) is 5.52 Å². The molecule has 0 bridgehead atoms. The Morgan fingerprint density at radius 2 is 1.95 bits per heavy atom. The molecule has 6 nitrogen and oxygen atoms in total. The fraction of sp³-hybridized carbons (Fsp3) is 0.357. The molecule has 0 saturated carbocycles. The number of amides is 1. The monoisotopic (exact) mass is 275 g/mol. The Balaban J connectivity index is 2.34. The Labute approximate surface area is 116 Å². The zero-order valence-corrected chi connectivity index (χ0v) is 11.6. The summed E-state index contributed by atoms with van der Waals surface area (Å²) >= 11 is 0. The molecule has 0 radical (unpaired) electrons. The molecule has 2 aromatic rings. The fourth-order valence-corrected chi connectivity index (χ4v) is 2.10. The lowest BCUT2D eigenvalue weighted by Crippen LogP contribution is -2.44. The number of hydrogen-bond donors (Lipinski definition) is 2. The highest BCUT2D eigenvalue weighted by atomic mass is 16.4. The van der Waals surface area contributed by atoms with E-state index in [1.165, 1.54) is 0 Å². The molecule has 1 atom stereocenters. The normalized spacial score (nSPS) is 12.6. The quantitative estimate of drug-likeness (QED) is 0.883. The molecular formula is C14H17N3O3. The molecule has 1 heterocycles. The van der Waals surface area contributed by atoms with Crippen LogP contribution in [0.15, 0.2) is 24.3 Å². The molecule has 0 aliphatic rings. The molecule has 0 aliphatic carbocycles. The largest absolute Gasteiger partial charge is 0.480 e. The van der Waals surface area contributed by atoms with E-state index in [0.717, 1.165) is 5.52 Å². The molecule has 1 amide bonds. The van der Waals surface area contributed by atoms with E-state index in [1.807, 2.05) is 18.2 Å². The van der Waals surface area contributed by atoms with Crippen molar-refractivity contribution < 1.29 is 14.7 Å². The van der Waals surface area contributed by atoms with Gasteiger partial charge in [-0.2, -0.15) is 5.10 Å². The Bertz CT molecular complexity index is 661. The van der Waals surface area contributed by atoms with Gasteiger partial charge < -0.3 is 10.4 Å². The minimum absolute atomic E-state index is 0.202. The second-order valence-electron chi connectivity index (χ2n) is 5.02. The van der Waals surface area contributed by atoms with Crippen LogP contribution in [0.5, 0.6) is 0 Å². The second-order valence-corrected chi connectivity index (χ2v) is 5.02. The van der Waals surface area contributed by atoms with Crippen LogP contribution in [0.1, 0.15) is 24.3 Å². The zero-order valence-electron chi connectivity index (χ0n) is 11.6. The van der Waals surface area contributed by atoms with Crippen molar-refractivity contribution in [3.05, 3.63) is 30.0 Å². The highest BCUT2D eigenvalue weighted by Crippen LogP contribution is 2.17. The molecule has 0 spiro atoms. The maximum absolute atomic E-state index is 12.2. The number of carbonyl (C=O) groups excluding carboxylic acids is 1. The molecular weight excluding hydrogens is 258 g/mol. The third-order valence-electron chi connectivity index (χ3n) is 3.19. The molecule has 1 aromatic carbocycles. The maximum atomic E-state index is 12.2. The molecule has 2 N–H and O–H groups in total. The van der Waals surface area contributed by atoms with Crippen molar-refractivity contribution in [1.82, 2.24) is 15.1 Å². The number of aryl methyl sites for hydroxylation is 1. The first-order valence-corrected chi connectivity index (χ1v) is 6.37. The van der Waals surface area contributed by atoms with Gasteiger partial charge in [-0.05, 0) is 12.0 Å². The summed E-state index contributed by atoms with van der Waals surface area (Å²) in [6.07, 6.45) is 0. The number of para-hydroxylation sites is 1. The second kappa shape index (κ2) is 5.32. The molecule has 6 heteroatoms. The number of carboxylic acid groups (broad SMARTS) is 1. The Morgan fingerprint density at radius 1 is 1.30 bits per heavy atom. The van der Waals surface area contributed by atoms with Crippen LogP contribution in [0.2, 0.25) is 0 Å². The third kappa shape index (κ3) is 2.49. The summed E-state index contributed by atoms with van der Waals surface area (Å²) in [5.74, 6) is -1.72. The summed E-state index contributed by atoms with van der Waals surface area (Å²) in [6.45, 7) is 3.49. The van der Waals surface area contributed by atoms with E-state index in [9.17, 15) is 9.59 Å². The van der Waals surface area contributed by atoms with Crippen molar-refractivity contribution in [2.24, 2.45) is 13.0 Å². The molecule has 2 rings (SSSR count). The van der Waals surface area contributed by atoms with E-state index >= 15 is 0 Å². The van der Waals surface area contributed by atoms with Crippen LogP contribution in [-0.2, 0) is 11.8 Å². The lowest BCUT2D eigenvalue weighted by molar-refractivity contribution is -0.140. The van der Waals surface area contributed by atoms with Crippen molar-refractivity contribution >= 4 is 22.8 Å². The summed E-state index contributed by atoms with van der Waals surface area (Å²) < 4.78 is 1.61. The lowest BCUT2D eigenvalue weighted by atomic mass is 10.0. The lowest BCUT2D eigenvalue weighted by Gasteiger charge is -2.17. The summed E-state index contributed by atoms with van der Waals surface area (Å²) in [5, 5.41) is 16.5. The summed E-state index contributed by atoms with van der Waals surface area (Å²) in [6, 6.07) is 6.40. The van der Waals surface area contributed by atoms with Gasteiger partial charge in [-0.15, -0.1) is 0 Å². The van der Waals surface area contributed by atoms with E-state index in [2.05, 4.69) is 10.4 Å². The Hall–Kier alpha value is -2.37. The molecule has 1 aromatic heterocycles. The summed E-state index contributed by atoms with van der Waals surface area (Å²) in [7, 11) is 1.75. The summed E-state index contributed by atoms with van der Waals surface area (Å²) in [4.78, 5) is 23.4. The number of rotatable bonds is 4. The van der Waals surface area contributed by atoms with Crippen LogP contribution in [0.25, 0.3) is 10.9 Å². The topological polar surface area (TPSA) is 84.2 Å². The van der Waals surface area contributed by atoms with Crippen LogP contribution in [0, 0.1) is 5.92 Å². The average molecular weight is 275 g/mol. The van der Waals surface area contributed by atoms with Crippen molar-refractivity contribution in [3.8, 4) is 0 Å². The van der Waals surface area contributed by atoms with Gasteiger partial charge in [0.25, 0.3) is 5.91 Å². The number of aliphatic carboxylic acids is 1. The van der Waals surface area contributed by atoms with E-state index in [0.29, 0.717) is 5.39 Å². The smallest absolute Gasteiger partial charge is 0.326 e. The van der Waals surface area contributed by atoms with Crippen LogP contribution in [0.3, 0.4) is 0 Å². The molecule has 0 fully saturated rings. The average Bonchev–Trinajstić information content (AvgIpc) is 2.73. The van der Waals surface area contributed by atoms with Crippen LogP contribution < -0.4 is 5.32 Å². The van der Waals surface area contributed by atoms with E-state index in [-0.39, 0.29) is 11.6 Å². The molecule has 0 saturated heterocycles. The van der Waals surface area contributed by atoms with Gasteiger partial charge in [-0.1, -0.05) is 32.0 Å². The van der Waals surface area contributed by atoms with Gasteiger partial charge in [0.1, 0.15) is 6.04 Å².